The van der Waals surface area contributed by atoms with Crippen LogP contribution >= 0.6 is 0 Å². The van der Waals surface area contributed by atoms with Gasteiger partial charge in [-0.15, -0.1) is 0 Å². The lowest BCUT2D eigenvalue weighted by Crippen LogP contribution is -1.96. The van der Waals surface area contributed by atoms with Crippen molar-refractivity contribution < 1.29 is 22.9 Å². The van der Waals surface area contributed by atoms with Gasteiger partial charge >= 0.3 is 5.97 Å². The first-order chi connectivity index (χ1) is 7.25. The normalized spacial score (nSPS) is 9.88. The standard InChI is InChI=1S/C6H6O3S.C4H6O2/c7-10(8,9)6-4-2-1-3-5-6;1-3(2)4(5)6/h1-5H,(H,7,8,9);1H2,2H3,(H,5,6). The molecule has 0 aromatic heterocycles. The van der Waals surface area contributed by atoms with Gasteiger partial charge < -0.3 is 5.11 Å². The molecule has 0 aliphatic rings. The molecular weight excluding hydrogens is 232 g/mol. The van der Waals surface area contributed by atoms with Crippen molar-refractivity contribution in [2.45, 2.75) is 11.8 Å². The second-order valence-corrected chi connectivity index (χ2v) is 4.30. The van der Waals surface area contributed by atoms with Gasteiger partial charge in [-0.1, -0.05) is 24.8 Å². The van der Waals surface area contributed by atoms with Gasteiger partial charge in [-0.2, -0.15) is 8.42 Å². The Morgan fingerprint density at radius 1 is 1.25 bits per heavy atom. The van der Waals surface area contributed by atoms with Crippen molar-refractivity contribution in [1.29, 1.82) is 0 Å². The summed E-state index contributed by atoms with van der Waals surface area (Å²) in [6.45, 7) is 4.60. The molecule has 2 N–H and O–H groups in total. The van der Waals surface area contributed by atoms with Crippen molar-refractivity contribution in [1.82, 2.24) is 0 Å². The van der Waals surface area contributed by atoms with E-state index in [4.69, 9.17) is 9.66 Å². The minimum absolute atomic E-state index is 0.0741. The Kier molecular flexibility index (Phi) is 5.41. The van der Waals surface area contributed by atoms with Gasteiger partial charge in [0, 0.05) is 5.57 Å². The van der Waals surface area contributed by atoms with Crippen LogP contribution in [0.1, 0.15) is 6.92 Å². The number of carbonyl (C=O) groups is 1. The lowest BCUT2D eigenvalue weighted by molar-refractivity contribution is -0.132. The van der Waals surface area contributed by atoms with E-state index < -0.39 is 16.1 Å². The molecule has 0 spiro atoms. The fraction of sp³-hybridized carbons (Fsp3) is 0.100. The summed E-state index contributed by atoms with van der Waals surface area (Å²) in [5.74, 6) is -0.935. The summed E-state index contributed by atoms with van der Waals surface area (Å²) in [7, 11) is -4.00. The van der Waals surface area contributed by atoms with Gasteiger partial charge in [0.15, 0.2) is 0 Å². The van der Waals surface area contributed by atoms with Crippen LogP contribution in [-0.2, 0) is 14.9 Å². The third-order valence-corrected chi connectivity index (χ3v) is 2.27. The Bertz CT molecular complexity index is 449. The summed E-state index contributed by atoms with van der Waals surface area (Å²) in [5, 5.41) is 7.89. The van der Waals surface area contributed by atoms with Crippen molar-refractivity contribution in [3.05, 3.63) is 42.5 Å². The van der Waals surface area contributed by atoms with Gasteiger partial charge in [-0.3, -0.25) is 4.55 Å². The van der Waals surface area contributed by atoms with Crippen molar-refractivity contribution in [2.75, 3.05) is 0 Å². The maximum atomic E-state index is 10.4. The topological polar surface area (TPSA) is 91.7 Å². The molecule has 88 valence electrons. The molecule has 0 aliphatic heterocycles. The van der Waals surface area contributed by atoms with Crippen LogP contribution in [0.2, 0.25) is 0 Å². The molecule has 5 nitrogen and oxygen atoms in total. The van der Waals surface area contributed by atoms with Crippen LogP contribution in [0.25, 0.3) is 0 Å². The quantitative estimate of drug-likeness (QED) is 0.608. The lowest BCUT2D eigenvalue weighted by atomic mass is 10.4. The maximum absolute atomic E-state index is 10.4. The zero-order chi connectivity index (χ0) is 12.8. The van der Waals surface area contributed by atoms with E-state index in [-0.39, 0.29) is 10.5 Å². The van der Waals surface area contributed by atoms with Crippen molar-refractivity contribution in [3.63, 3.8) is 0 Å². The van der Waals surface area contributed by atoms with Crippen LogP contribution in [0.5, 0.6) is 0 Å². The molecule has 1 rings (SSSR count). The number of carboxylic acid groups (broad SMARTS) is 1. The van der Waals surface area contributed by atoms with Crippen LogP contribution in [0.15, 0.2) is 47.4 Å². The minimum atomic E-state index is -4.00. The molecule has 0 saturated heterocycles. The summed E-state index contributed by atoms with van der Waals surface area (Å²) in [6, 6.07) is 7.42. The minimum Gasteiger partial charge on any atom is -0.478 e. The number of rotatable bonds is 2. The van der Waals surface area contributed by atoms with Gasteiger partial charge in [0.2, 0.25) is 0 Å². The second-order valence-electron chi connectivity index (χ2n) is 2.87. The highest BCUT2D eigenvalue weighted by molar-refractivity contribution is 7.85. The van der Waals surface area contributed by atoms with E-state index in [1.54, 1.807) is 18.2 Å². The van der Waals surface area contributed by atoms with Gasteiger partial charge in [-0.25, -0.2) is 4.79 Å². The highest BCUT2D eigenvalue weighted by atomic mass is 32.2. The predicted molar refractivity (Wildman–Crippen MR) is 58.7 cm³/mol. The Balaban J connectivity index is 0.000000325. The Hall–Kier alpha value is -1.66. The lowest BCUT2D eigenvalue weighted by Gasteiger charge is -1.92. The molecule has 0 fully saturated rings. The number of carboxylic acids is 1. The number of hydrogen-bond donors (Lipinski definition) is 2. The summed E-state index contributed by atoms with van der Waals surface area (Å²) in [6.07, 6.45) is 0. The number of hydrogen-bond acceptors (Lipinski definition) is 3. The molecule has 1 aromatic rings. The van der Waals surface area contributed by atoms with E-state index in [0.717, 1.165) is 0 Å². The Morgan fingerprint density at radius 2 is 1.62 bits per heavy atom. The smallest absolute Gasteiger partial charge is 0.330 e. The van der Waals surface area contributed by atoms with E-state index >= 15 is 0 Å². The average Bonchev–Trinajstić information content (AvgIpc) is 2.18. The first kappa shape index (κ1) is 14.3. The molecule has 1 aromatic carbocycles. The van der Waals surface area contributed by atoms with Gasteiger partial charge in [0.05, 0.1) is 4.90 Å². The summed E-state index contributed by atoms with van der Waals surface area (Å²) in [5.41, 5.74) is 0.176. The van der Waals surface area contributed by atoms with E-state index in [9.17, 15) is 13.2 Å². The first-order valence-electron chi connectivity index (χ1n) is 4.16. The zero-order valence-corrected chi connectivity index (χ0v) is 9.44. The number of benzene rings is 1. The SMILES string of the molecule is C=C(C)C(=O)O.O=S(=O)(O)c1ccccc1. The largest absolute Gasteiger partial charge is 0.478 e. The molecule has 0 unspecified atom stereocenters. The fourth-order valence-electron chi connectivity index (χ4n) is 0.592. The third-order valence-electron chi connectivity index (χ3n) is 1.41. The second kappa shape index (κ2) is 6.04. The molecule has 0 aliphatic carbocycles. The Morgan fingerprint density at radius 3 is 1.81 bits per heavy atom. The van der Waals surface area contributed by atoms with E-state index in [1.807, 2.05) is 0 Å². The first-order valence-corrected chi connectivity index (χ1v) is 5.60. The van der Waals surface area contributed by atoms with E-state index in [2.05, 4.69) is 6.58 Å². The summed E-state index contributed by atoms with van der Waals surface area (Å²) >= 11 is 0. The van der Waals surface area contributed by atoms with Gasteiger partial charge in [0.1, 0.15) is 0 Å². The highest BCUT2D eigenvalue weighted by Crippen LogP contribution is 2.05. The van der Waals surface area contributed by atoms with Crippen LogP contribution in [-0.4, -0.2) is 24.0 Å². The van der Waals surface area contributed by atoms with Crippen molar-refractivity contribution >= 4 is 16.1 Å². The third kappa shape index (κ3) is 5.94. The fourth-order valence-corrected chi connectivity index (χ4v) is 1.09. The average molecular weight is 244 g/mol. The van der Waals surface area contributed by atoms with Crippen LogP contribution < -0.4 is 0 Å². The van der Waals surface area contributed by atoms with Gasteiger partial charge in [-0.05, 0) is 19.1 Å². The molecule has 16 heavy (non-hydrogen) atoms. The molecule has 6 heteroatoms. The van der Waals surface area contributed by atoms with Crippen LogP contribution in [0.3, 0.4) is 0 Å². The van der Waals surface area contributed by atoms with Crippen molar-refractivity contribution in [2.24, 2.45) is 0 Å². The van der Waals surface area contributed by atoms with Crippen LogP contribution in [0.4, 0.5) is 0 Å². The number of aliphatic carboxylic acids is 1. The Labute approximate surface area is 93.8 Å². The molecule has 0 atom stereocenters. The summed E-state index contributed by atoms with van der Waals surface area (Å²) < 4.78 is 29.2. The summed E-state index contributed by atoms with van der Waals surface area (Å²) in [4.78, 5) is 9.53. The molecule has 0 bridgehead atoms. The van der Waals surface area contributed by atoms with Crippen molar-refractivity contribution in [3.8, 4) is 0 Å². The monoisotopic (exact) mass is 244 g/mol. The van der Waals surface area contributed by atoms with Crippen LogP contribution in [0, 0.1) is 0 Å². The zero-order valence-electron chi connectivity index (χ0n) is 8.62. The molecule has 0 amide bonds. The molecule has 0 radical (unpaired) electrons. The maximum Gasteiger partial charge on any atom is 0.330 e. The van der Waals surface area contributed by atoms with E-state index in [0.29, 0.717) is 0 Å². The van der Waals surface area contributed by atoms with E-state index in [1.165, 1.54) is 19.1 Å². The molecule has 0 heterocycles. The predicted octanol–water partition coefficient (Wildman–Crippen LogP) is 1.58. The highest BCUT2D eigenvalue weighted by Gasteiger charge is 2.05. The molecule has 0 saturated carbocycles. The molecular formula is C10H12O5S. The van der Waals surface area contributed by atoms with Gasteiger partial charge in [0.25, 0.3) is 10.1 Å².